The fourth-order valence-electron chi connectivity index (χ4n) is 4.28. The van der Waals surface area contributed by atoms with Gasteiger partial charge in [0, 0.05) is 22.5 Å². The summed E-state index contributed by atoms with van der Waals surface area (Å²) >= 11 is 3.55. The van der Waals surface area contributed by atoms with Crippen LogP contribution in [0.3, 0.4) is 0 Å². The number of rotatable bonds is 2. The third-order valence-corrected chi connectivity index (χ3v) is 5.50. The Kier molecular flexibility index (Phi) is 4.33. The van der Waals surface area contributed by atoms with Crippen molar-refractivity contribution in [2.75, 3.05) is 0 Å². The summed E-state index contributed by atoms with van der Waals surface area (Å²) in [5.41, 5.74) is 7.59. The van der Waals surface area contributed by atoms with Gasteiger partial charge in [-0.05, 0) is 49.7 Å². The molecule has 1 aliphatic heterocycles. The molecule has 0 saturated heterocycles. The lowest BCUT2D eigenvalue weighted by Gasteiger charge is -2.46. The van der Waals surface area contributed by atoms with Crippen molar-refractivity contribution in [1.29, 1.82) is 0 Å². The molecule has 2 nitrogen and oxygen atoms in total. The Balaban J connectivity index is 1.83. The number of nitrogens with two attached hydrogens (primary N) is 1. The van der Waals surface area contributed by atoms with Gasteiger partial charge >= 0.3 is 0 Å². The summed E-state index contributed by atoms with van der Waals surface area (Å²) in [6.45, 7) is 4.64. The highest BCUT2D eigenvalue weighted by atomic mass is 79.9. The first-order valence-corrected chi connectivity index (χ1v) is 9.01. The maximum atomic E-state index is 6.51. The lowest BCUT2D eigenvalue weighted by Crippen LogP contribution is -2.46. The van der Waals surface area contributed by atoms with Crippen LogP contribution in [-0.2, 0) is 0 Å². The number of hydrogen-bond donors (Lipinski definition) is 1. The van der Waals surface area contributed by atoms with Gasteiger partial charge in [0.05, 0.1) is 0 Å². The summed E-state index contributed by atoms with van der Waals surface area (Å²) < 4.78 is 7.58. The predicted molar refractivity (Wildman–Crippen MR) is 90.5 cm³/mol. The van der Waals surface area contributed by atoms with Gasteiger partial charge in [0.1, 0.15) is 11.4 Å². The Hall–Kier alpha value is -0.540. The molecule has 1 aliphatic carbocycles. The molecule has 1 fully saturated rings. The number of benzene rings is 1. The van der Waals surface area contributed by atoms with Crippen molar-refractivity contribution in [2.24, 2.45) is 17.6 Å². The molecule has 2 unspecified atom stereocenters. The molecule has 3 rings (SSSR count). The molecule has 1 aromatic carbocycles. The molecule has 1 heterocycles. The summed E-state index contributed by atoms with van der Waals surface area (Å²) in [5, 5.41) is 0. The van der Waals surface area contributed by atoms with E-state index in [0.29, 0.717) is 0 Å². The van der Waals surface area contributed by atoms with Gasteiger partial charge in [-0.25, -0.2) is 0 Å². The topological polar surface area (TPSA) is 35.2 Å². The van der Waals surface area contributed by atoms with E-state index in [1.165, 1.54) is 25.7 Å². The molecule has 1 spiro atoms. The van der Waals surface area contributed by atoms with Gasteiger partial charge in [-0.3, -0.25) is 0 Å². The zero-order valence-corrected chi connectivity index (χ0v) is 14.7. The molecular weight excluding hydrogens is 326 g/mol. The molecule has 0 bridgehead atoms. The molecule has 3 heteroatoms. The molecule has 0 amide bonds. The maximum absolute atomic E-state index is 6.51. The standard InChI is InChI=1S/C18H26BrNO/c1-12(2)8-13-4-3-7-18(10-13)11-16(20)15-6-5-14(19)9-17(15)21-18/h5-6,9,12-13,16H,3-4,7-8,10-11,20H2,1-2H3/t13?,16-,18?/m1/s1. The van der Waals surface area contributed by atoms with E-state index in [1.807, 2.05) is 0 Å². The second-order valence-electron chi connectivity index (χ2n) is 7.37. The molecule has 21 heavy (non-hydrogen) atoms. The second-order valence-corrected chi connectivity index (χ2v) is 8.29. The van der Waals surface area contributed by atoms with E-state index >= 15 is 0 Å². The van der Waals surface area contributed by atoms with E-state index in [9.17, 15) is 0 Å². The average Bonchev–Trinajstić information content (AvgIpc) is 2.37. The van der Waals surface area contributed by atoms with E-state index in [1.54, 1.807) is 0 Å². The van der Waals surface area contributed by atoms with E-state index in [4.69, 9.17) is 10.5 Å². The van der Waals surface area contributed by atoms with Gasteiger partial charge < -0.3 is 10.5 Å². The lowest BCUT2D eigenvalue weighted by atomic mass is 9.71. The summed E-state index contributed by atoms with van der Waals surface area (Å²) in [5.74, 6) is 2.55. The number of halogens is 1. The Morgan fingerprint density at radius 2 is 2.19 bits per heavy atom. The number of hydrogen-bond acceptors (Lipinski definition) is 2. The van der Waals surface area contributed by atoms with Crippen LogP contribution < -0.4 is 10.5 Å². The Bertz CT molecular complexity index is 516. The SMILES string of the molecule is CC(C)CC1CCCC2(C1)C[C@@H](N)c1ccc(Br)cc1O2. The third-order valence-electron chi connectivity index (χ3n) is 5.00. The second kappa shape index (κ2) is 5.92. The highest BCUT2D eigenvalue weighted by molar-refractivity contribution is 9.10. The van der Waals surface area contributed by atoms with Crippen LogP contribution in [0.25, 0.3) is 0 Å². The van der Waals surface area contributed by atoms with Crippen LogP contribution in [0.5, 0.6) is 5.75 Å². The largest absolute Gasteiger partial charge is 0.487 e. The summed E-state index contributed by atoms with van der Waals surface area (Å²) in [6, 6.07) is 6.36. The molecule has 2 N–H and O–H groups in total. The first-order valence-electron chi connectivity index (χ1n) is 8.21. The minimum atomic E-state index is -0.0228. The van der Waals surface area contributed by atoms with Crippen molar-refractivity contribution in [2.45, 2.75) is 64.0 Å². The van der Waals surface area contributed by atoms with Crippen molar-refractivity contribution in [3.05, 3.63) is 28.2 Å². The minimum absolute atomic E-state index is 0.0228. The van der Waals surface area contributed by atoms with Crippen molar-refractivity contribution >= 4 is 15.9 Å². The normalized spacial score (nSPS) is 32.0. The first-order chi connectivity index (χ1) is 9.97. The van der Waals surface area contributed by atoms with Crippen molar-refractivity contribution < 1.29 is 4.74 Å². The number of ether oxygens (including phenoxy) is 1. The highest BCUT2D eigenvalue weighted by Crippen LogP contribution is 2.48. The third kappa shape index (κ3) is 3.29. The zero-order valence-electron chi connectivity index (χ0n) is 13.1. The fraction of sp³-hybridized carbons (Fsp3) is 0.667. The zero-order chi connectivity index (χ0) is 15.0. The molecule has 3 atom stereocenters. The Labute approximate surface area is 136 Å². The quantitative estimate of drug-likeness (QED) is 0.793. The van der Waals surface area contributed by atoms with Crippen LogP contribution in [0.2, 0.25) is 0 Å². The van der Waals surface area contributed by atoms with Crippen molar-refractivity contribution in [3.8, 4) is 5.75 Å². The maximum Gasteiger partial charge on any atom is 0.126 e. The van der Waals surface area contributed by atoms with Gasteiger partial charge in [-0.15, -0.1) is 0 Å². The highest BCUT2D eigenvalue weighted by Gasteiger charge is 2.43. The van der Waals surface area contributed by atoms with E-state index in [0.717, 1.165) is 40.5 Å². The Morgan fingerprint density at radius 3 is 2.95 bits per heavy atom. The molecule has 2 aliphatic rings. The van der Waals surface area contributed by atoms with Crippen LogP contribution >= 0.6 is 15.9 Å². The Morgan fingerprint density at radius 1 is 1.38 bits per heavy atom. The van der Waals surface area contributed by atoms with Gasteiger partial charge in [0.15, 0.2) is 0 Å². The summed E-state index contributed by atoms with van der Waals surface area (Å²) in [6.07, 6.45) is 7.23. The van der Waals surface area contributed by atoms with E-state index in [2.05, 4.69) is 48.0 Å². The molecule has 0 radical (unpaired) electrons. The van der Waals surface area contributed by atoms with Crippen molar-refractivity contribution in [3.63, 3.8) is 0 Å². The lowest BCUT2D eigenvalue weighted by molar-refractivity contribution is -0.0202. The van der Waals surface area contributed by atoms with Crippen molar-refractivity contribution in [1.82, 2.24) is 0 Å². The van der Waals surface area contributed by atoms with Gasteiger partial charge in [0.25, 0.3) is 0 Å². The van der Waals surface area contributed by atoms with Crippen LogP contribution in [-0.4, -0.2) is 5.60 Å². The van der Waals surface area contributed by atoms with Crippen LogP contribution in [0.15, 0.2) is 22.7 Å². The first kappa shape index (κ1) is 15.4. The monoisotopic (exact) mass is 351 g/mol. The smallest absolute Gasteiger partial charge is 0.126 e. The fourth-order valence-corrected chi connectivity index (χ4v) is 4.62. The van der Waals surface area contributed by atoms with Gasteiger partial charge in [0.2, 0.25) is 0 Å². The van der Waals surface area contributed by atoms with Crippen LogP contribution in [0.1, 0.15) is 64.0 Å². The predicted octanol–water partition coefficient (Wildman–Crippen LogP) is 5.21. The average molecular weight is 352 g/mol. The van der Waals surface area contributed by atoms with Gasteiger partial charge in [-0.2, -0.15) is 0 Å². The molecule has 116 valence electrons. The molecule has 0 aromatic heterocycles. The summed E-state index contributed by atoms with van der Waals surface area (Å²) in [4.78, 5) is 0. The summed E-state index contributed by atoms with van der Waals surface area (Å²) in [7, 11) is 0. The number of fused-ring (bicyclic) bond motifs is 1. The minimum Gasteiger partial charge on any atom is -0.487 e. The van der Waals surface area contributed by atoms with Crippen LogP contribution in [0.4, 0.5) is 0 Å². The molecule has 1 saturated carbocycles. The molecular formula is C18H26BrNO. The van der Waals surface area contributed by atoms with Gasteiger partial charge in [-0.1, -0.05) is 42.3 Å². The van der Waals surface area contributed by atoms with Crippen LogP contribution in [0, 0.1) is 11.8 Å². The van der Waals surface area contributed by atoms with E-state index < -0.39 is 0 Å². The molecule has 1 aromatic rings. The van der Waals surface area contributed by atoms with E-state index in [-0.39, 0.29) is 11.6 Å².